The van der Waals surface area contributed by atoms with Crippen LogP contribution >= 0.6 is 0 Å². The van der Waals surface area contributed by atoms with Crippen molar-refractivity contribution in [3.05, 3.63) is 65.5 Å². The maximum absolute atomic E-state index is 14.0. The minimum atomic E-state index is -0.632. The zero-order valence-corrected chi connectivity index (χ0v) is 19.6. The van der Waals surface area contributed by atoms with Gasteiger partial charge in [0.05, 0.1) is 12.0 Å². The third kappa shape index (κ3) is 4.17. The topological polar surface area (TPSA) is 59.1 Å². The molecule has 2 amide bonds. The first-order valence-corrected chi connectivity index (χ1v) is 12.1. The molecule has 180 valence electrons. The molecule has 0 aliphatic carbocycles. The van der Waals surface area contributed by atoms with Crippen LogP contribution in [0.2, 0.25) is 0 Å². The van der Waals surface area contributed by atoms with Gasteiger partial charge in [-0.25, -0.2) is 9.18 Å². The number of hydrogen-bond donors (Lipinski definition) is 0. The lowest BCUT2D eigenvalue weighted by molar-refractivity contribution is -0.141. The second-order valence-electron chi connectivity index (χ2n) is 9.82. The molecule has 5 rings (SSSR count). The van der Waals surface area contributed by atoms with Crippen LogP contribution in [0.25, 0.3) is 0 Å². The molecule has 3 fully saturated rings. The predicted octanol–water partition coefficient (Wildman–Crippen LogP) is 4.59. The predicted molar refractivity (Wildman–Crippen MR) is 126 cm³/mol. The molecule has 1 atom stereocenters. The molecule has 0 aromatic heterocycles. The fourth-order valence-electron chi connectivity index (χ4n) is 5.60. The number of carbonyl (C=O) groups excluding carboxylic acids is 2. The Labute approximate surface area is 199 Å². The SMILES string of the molecule is Cc1ccc(C2(C(=O)N3CCC[C@]4(CC3)CN(c3ccc(F)cc3)C(=O)O4)CCOCC2)cc1. The lowest BCUT2D eigenvalue weighted by atomic mass is 9.72. The van der Waals surface area contributed by atoms with E-state index in [-0.39, 0.29) is 11.7 Å². The molecule has 34 heavy (non-hydrogen) atoms. The summed E-state index contributed by atoms with van der Waals surface area (Å²) in [5, 5.41) is 0. The third-order valence-corrected chi connectivity index (χ3v) is 7.65. The van der Waals surface area contributed by atoms with Gasteiger partial charge >= 0.3 is 6.09 Å². The van der Waals surface area contributed by atoms with Gasteiger partial charge in [-0.1, -0.05) is 29.8 Å². The Morgan fingerprint density at radius 1 is 0.941 bits per heavy atom. The van der Waals surface area contributed by atoms with E-state index in [4.69, 9.17) is 9.47 Å². The van der Waals surface area contributed by atoms with Gasteiger partial charge < -0.3 is 14.4 Å². The number of likely N-dealkylation sites (tertiary alicyclic amines) is 1. The van der Waals surface area contributed by atoms with E-state index in [1.165, 1.54) is 17.7 Å². The van der Waals surface area contributed by atoms with Crippen molar-refractivity contribution in [3.8, 4) is 0 Å². The van der Waals surface area contributed by atoms with Crippen LogP contribution in [0.4, 0.5) is 14.9 Å². The number of anilines is 1. The van der Waals surface area contributed by atoms with Crippen molar-refractivity contribution in [3.63, 3.8) is 0 Å². The molecule has 0 radical (unpaired) electrons. The number of benzene rings is 2. The molecule has 3 aliphatic heterocycles. The number of aryl methyl sites for hydroxylation is 1. The van der Waals surface area contributed by atoms with Gasteiger partial charge in [0.2, 0.25) is 5.91 Å². The summed E-state index contributed by atoms with van der Waals surface area (Å²) in [6, 6.07) is 14.2. The normalized spacial score (nSPS) is 24.7. The number of ether oxygens (including phenoxy) is 2. The summed E-state index contributed by atoms with van der Waals surface area (Å²) in [6.07, 6.45) is 2.97. The van der Waals surface area contributed by atoms with E-state index in [2.05, 4.69) is 31.2 Å². The van der Waals surface area contributed by atoms with Crippen LogP contribution in [0.3, 0.4) is 0 Å². The number of hydrogen-bond acceptors (Lipinski definition) is 4. The Balaban J connectivity index is 1.34. The van der Waals surface area contributed by atoms with E-state index < -0.39 is 17.1 Å². The highest BCUT2D eigenvalue weighted by atomic mass is 19.1. The molecule has 3 aliphatic rings. The monoisotopic (exact) mass is 466 g/mol. The molecule has 3 saturated heterocycles. The van der Waals surface area contributed by atoms with Gasteiger partial charge in [0, 0.05) is 38.4 Å². The summed E-state index contributed by atoms with van der Waals surface area (Å²) in [5.74, 6) is -0.193. The number of nitrogens with zero attached hydrogens (tertiary/aromatic N) is 2. The van der Waals surface area contributed by atoms with Crippen molar-refractivity contribution in [2.75, 3.05) is 37.7 Å². The maximum Gasteiger partial charge on any atom is 0.415 e. The van der Waals surface area contributed by atoms with E-state index in [1.54, 1.807) is 17.0 Å². The van der Waals surface area contributed by atoms with Crippen molar-refractivity contribution in [2.45, 2.75) is 50.0 Å². The lowest BCUT2D eigenvalue weighted by Gasteiger charge is -2.40. The first kappa shape index (κ1) is 22.8. The average Bonchev–Trinajstić information content (AvgIpc) is 3.04. The number of amides is 2. The minimum Gasteiger partial charge on any atom is -0.441 e. The first-order chi connectivity index (χ1) is 16.4. The smallest absolute Gasteiger partial charge is 0.415 e. The fraction of sp³-hybridized carbons (Fsp3) is 0.481. The molecule has 7 heteroatoms. The third-order valence-electron chi connectivity index (χ3n) is 7.65. The number of carbonyl (C=O) groups is 2. The van der Waals surface area contributed by atoms with E-state index >= 15 is 0 Å². The highest BCUT2D eigenvalue weighted by molar-refractivity contribution is 5.90. The zero-order valence-electron chi connectivity index (χ0n) is 19.6. The molecule has 3 heterocycles. The Hall–Kier alpha value is -2.93. The Kier molecular flexibility index (Phi) is 6.06. The molecule has 0 N–H and O–H groups in total. The van der Waals surface area contributed by atoms with Crippen molar-refractivity contribution in [1.82, 2.24) is 4.90 Å². The van der Waals surface area contributed by atoms with Gasteiger partial charge in [0.15, 0.2) is 0 Å². The van der Waals surface area contributed by atoms with Crippen LogP contribution in [0.1, 0.15) is 43.2 Å². The Morgan fingerprint density at radius 2 is 1.65 bits per heavy atom. The quantitative estimate of drug-likeness (QED) is 0.664. The zero-order chi connectivity index (χ0) is 23.8. The molecule has 2 aromatic rings. The summed E-state index contributed by atoms with van der Waals surface area (Å²) >= 11 is 0. The summed E-state index contributed by atoms with van der Waals surface area (Å²) in [6.45, 7) is 4.79. The van der Waals surface area contributed by atoms with Crippen molar-refractivity contribution in [1.29, 1.82) is 0 Å². The van der Waals surface area contributed by atoms with Crippen LogP contribution in [0, 0.1) is 12.7 Å². The maximum atomic E-state index is 14.0. The standard InChI is InChI=1S/C27H31FN2O4/c1-20-3-5-21(6-4-20)27(13-17-33-18-14-27)24(31)29-15-2-11-26(12-16-29)19-30(25(32)34-26)23-9-7-22(28)8-10-23/h3-10H,2,11-19H2,1H3/t26-/m0/s1. The lowest BCUT2D eigenvalue weighted by Crippen LogP contribution is -2.50. The first-order valence-electron chi connectivity index (χ1n) is 12.1. The molecule has 0 unspecified atom stereocenters. The summed E-state index contributed by atoms with van der Waals surface area (Å²) in [7, 11) is 0. The van der Waals surface area contributed by atoms with Crippen molar-refractivity contribution >= 4 is 17.7 Å². The van der Waals surface area contributed by atoms with Crippen molar-refractivity contribution < 1.29 is 23.5 Å². The Bertz CT molecular complexity index is 1050. The van der Waals surface area contributed by atoms with Gasteiger partial charge in [0.1, 0.15) is 11.4 Å². The van der Waals surface area contributed by atoms with Crippen LogP contribution in [-0.4, -0.2) is 55.3 Å². The second-order valence-corrected chi connectivity index (χ2v) is 9.82. The Morgan fingerprint density at radius 3 is 2.35 bits per heavy atom. The largest absolute Gasteiger partial charge is 0.441 e. The molecule has 1 spiro atoms. The van der Waals surface area contributed by atoms with Crippen molar-refractivity contribution in [2.24, 2.45) is 0 Å². The minimum absolute atomic E-state index is 0.149. The highest BCUT2D eigenvalue weighted by Gasteiger charge is 2.49. The van der Waals surface area contributed by atoms with E-state index in [0.717, 1.165) is 12.0 Å². The van der Waals surface area contributed by atoms with Gasteiger partial charge in [-0.3, -0.25) is 9.69 Å². The van der Waals surface area contributed by atoms with E-state index in [0.29, 0.717) is 64.2 Å². The van der Waals surface area contributed by atoms with Crippen LogP contribution < -0.4 is 4.90 Å². The summed E-state index contributed by atoms with van der Waals surface area (Å²) in [5.41, 5.74) is 1.65. The van der Waals surface area contributed by atoms with Gasteiger partial charge in [-0.05, 0) is 62.4 Å². The fourth-order valence-corrected chi connectivity index (χ4v) is 5.60. The van der Waals surface area contributed by atoms with E-state index in [9.17, 15) is 14.0 Å². The number of halogens is 1. The molecule has 2 aromatic carbocycles. The molecule has 6 nitrogen and oxygen atoms in total. The van der Waals surface area contributed by atoms with Crippen LogP contribution in [0.5, 0.6) is 0 Å². The van der Waals surface area contributed by atoms with Gasteiger partial charge in [0.25, 0.3) is 0 Å². The van der Waals surface area contributed by atoms with E-state index in [1.807, 2.05) is 4.90 Å². The van der Waals surface area contributed by atoms with Gasteiger partial charge in [-0.15, -0.1) is 0 Å². The van der Waals surface area contributed by atoms with Crippen LogP contribution in [0.15, 0.2) is 48.5 Å². The molecular weight excluding hydrogens is 435 g/mol. The number of rotatable bonds is 3. The van der Waals surface area contributed by atoms with Gasteiger partial charge in [-0.2, -0.15) is 0 Å². The molecule has 0 bridgehead atoms. The second kappa shape index (κ2) is 9.02. The summed E-state index contributed by atoms with van der Waals surface area (Å²) < 4.78 is 24.9. The highest BCUT2D eigenvalue weighted by Crippen LogP contribution is 2.40. The van der Waals surface area contributed by atoms with Crippen LogP contribution in [-0.2, 0) is 19.7 Å². The summed E-state index contributed by atoms with van der Waals surface area (Å²) in [4.78, 5) is 30.2. The molecular formula is C27H31FN2O4. The molecule has 0 saturated carbocycles. The average molecular weight is 467 g/mol.